The van der Waals surface area contributed by atoms with Gasteiger partial charge >= 0.3 is 0 Å². The first kappa shape index (κ1) is 80.2. The lowest BCUT2D eigenvalue weighted by molar-refractivity contribution is 1.32. The van der Waals surface area contributed by atoms with E-state index in [-0.39, 0.29) is 0 Å². The lowest BCUT2D eigenvalue weighted by atomic mass is 9.74. The zero-order valence-electron chi connectivity index (χ0n) is 65.4. The summed E-state index contributed by atoms with van der Waals surface area (Å²) in [5.41, 5.74) is 35.5. The molecule has 16 aromatic rings. The van der Waals surface area contributed by atoms with Gasteiger partial charge in [0, 0.05) is 77.9 Å². The summed E-state index contributed by atoms with van der Waals surface area (Å²) in [6.07, 6.45) is 66.1. The number of aromatic nitrogens is 1. The van der Waals surface area contributed by atoms with Crippen molar-refractivity contribution in [2.24, 2.45) is 0 Å². The van der Waals surface area contributed by atoms with E-state index in [0.29, 0.717) is 0 Å². The smallest absolute Gasteiger partial charge is 0.0715 e. The molecule has 0 N–H and O–H groups in total. The maximum atomic E-state index is 5.83. The predicted molar refractivity (Wildman–Crippen MR) is 504 cm³/mol. The topological polar surface area (TPSA) is 12.9 Å². The summed E-state index contributed by atoms with van der Waals surface area (Å²) < 4.78 is 0. The molecule has 0 aliphatic carbocycles. The van der Waals surface area contributed by atoms with E-state index in [0.717, 1.165) is 201 Å². The molecule has 1 nitrogen and oxygen atoms in total. The van der Waals surface area contributed by atoms with Crippen molar-refractivity contribution >= 4 is 0 Å². The number of hydrogen-bond donors (Lipinski definition) is 0. The Morgan fingerprint density at radius 3 is 0.450 bits per heavy atom. The minimum Gasteiger partial charge on any atom is -0.248 e. The molecule has 120 heavy (non-hydrogen) atoms. The van der Waals surface area contributed by atoms with Gasteiger partial charge in [0.15, 0.2) is 0 Å². The van der Waals surface area contributed by atoms with E-state index in [4.69, 9.17) is 82.1 Å². The van der Waals surface area contributed by atoms with Crippen molar-refractivity contribution in [2.45, 2.75) is 0 Å². The van der Waals surface area contributed by atoms with E-state index >= 15 is 0 Å². The molecule has 1 heterocycles. The van der Waals surface area contributed by atoms with Crippen molar-refractivity contribution in [3.63, 3.8) is 0 Å². The van der Waals surface area contributed by atoms with Crippen LogP contribution in [0.3, 0.4) is 0 Å². The number of terminal acetylenes is 12. The molecule has 0 amide bonds. The summed E-state index contributed by atoms with van der Waals surface area (Å²) in [4.78, 5) is 4.91. The molecule has 1 aromatic heterocycles. The first-order valence-electron chi connectivity index (χ1n) is 38.2. The van der Waals surface area contributed by atoms with Crippen LogP contribution in [-0.4, -0.2) is 4.98 Å². The molecule has 0 aliphatic rings. The van der Waals surface area contributed by atoms with Gasteiger partial charge in [0.2, 0.25) is 0 Å². The normalized spacial score (nSPS) is 9.90. The molecule has 0 saturated heterocycles. The van der Waals surface area contributed by atoms with E-state index in [1.54, 1.807) is 18.2 Å². The van der Waals surface area contributed by atoms with Crippen molar-refractivity contribution in [1.29, 1.82) is 0 Å². The fourth-order valence-electron chi connectivity index (χ4n) is 14.0. The lowest BCUT2D eigenvalue weighted by Crippen LogP contribution is -2.02. The van der Waals surface area contributed by atoms with Crippen LogP contribution in [0, 0.1) is 148 Å². The number of nitrogens with zero attached hydrogens (tertiary/aromatic N) is 1. The lowest BCUT2D eigenvalue weighted by Gasteiger charge is -2.29. The molecular formula is C119H71N. The quantitative estimate of drug-likeness (QED) is 0.111. The van der Waals surface area contributed by atoms with Gasteiger partial charge in [0.25, 0.3) is 0 Å². The average molecular weight is 1510 g/mol. The number of rotatable bonds is 12. The highest BCUT2D eigenvalue weighted by Crippen LogP contribution is 2.56. The largest absolute Gasteiger partial charge is 0.248 e. The van der Waals surface area contributed by atoms with Crippen LogP contribution >= 0.6 is 0 Å². The monoisotopic (exact) mass is 1510 g/mol. The van der Waals surface area contributed by atoms with Gasteiger partial charge in [-0.05, 0) is 269 Å². The molecule has 0 radical (unpaired) electrons. The molecule has 1 heteroatoms. The Bertz CT molecular complexity index is 6040. The van der Waals surface area contributed by atoms with Crippen molar-refractivity contribution in [3.05, 3.63) is 425 Å². The van der Waals surface area contributed by atoms with E-state index in [1.807, 2.05) is 146 Å². The van der Waals surface area contributed by atoms with Crippen LogP contribution in [0.5, 0.6) is 0 Å². The van der Waals surface area contributed by atoms with Gasteiger partial charge in [-0.3, -0.25) is 0 Å². The van der Waals surface area contributed by atoms with Crippen molar-refractivity contribution < 1.29 is 0 Å². The van der Waals surface area contributed by atoms with Gasteiger partial charge in [0.05, 0.1) is 11.4 Å². The van der Waals surface area contributed by atoms with Crippen LogP contribution in [-0.2, 0) is 0 Å². The van der Waals surface area contributed by atoms with Crippen LogP contribution in [0.25, 0.3) is 134 Å². The Morgan fingerprint density at radius 2 is 0.275 bits per heavy atom. The van der Waals surface area contributed by atoms with Crippen LogP contribution in [0.1, 0.15) is 66.8 Å². The second kappa shape index (κ2) is 38.6. The number of benzene rings is 15. The average Bonchev–Trinajstić information content (AvgIpc) is 0.714. The van der Waals surface area contributed by atoms with Crippen LogP contribution in [0.4, 0.5) is 0 Å². The summed E-state index contributed by atoms with van der Waals surface area (Å²) in [5, 5.41) is 0. The Balaban J connectivity index is 0.000000150. The second-order valence-electron chi connectivity index (χ2n) is 27.5. The highest BCUT2D eigenvalue weighted by atomic mass is 14.7. The van der Waals surface area contributed by atoms with Crippen molar-refractivity contribution in [3.8, 4) is 282 Å². The first-order valence-corrected chi connectivity index (χ1v) is 38.2. The standard InChI is InChI=1S/C48H30.C30H18.C29H17N.C12H6/c1-4-34-22-28-40(29-23-34)46-43(37-16-10-7-11-17-37)47(41-30-24-35(5-2)25-31-41)45(39-20-14-9-15-21-39)48(42-32-26-36(6-3)27-33-42)44(46)38-18-12-8-13-19-38;1-4-22-7-13-25(14-8-22)28-19-29(26-15-9-23(5-2)10-16-26)21-30(20-28)27-17-11-24(6-3)12-18-27;1-4-21-7-13-24(14-8-21)27-19-28(25-15-9-22(5-2)10-16-25)30-29(20-27)26-17-11-23(6-3)12-18-26;1-4-10-7-11(5-2)9-12(6-3)8-10/h1-3,7-33H;1-3,7-21H;1-3,7-20H;1-3,7-9H. The molecule has 0 atom stereocenters. The summed E-state index contributed by atoms with van der Waals surface area (Å²) in [7, 11) is 0. The van der Waals surface area contributed by atoms with Crippen LogP contribution < -0.4 is 0 Å². The Labute approximate surface area is 706 Å². The van der Waals surface area contributed by atoms with Gasteiger partial charge < -0.3 is 0 Å². The summed E-state index contributed by atoms with van der Waals surface area (Å²) in [6, 6.07) is 121. The van der Waals surface area contributed by atoms with E-state index in [1.165, 1.54) is 0 Å². The molecule has 16 rings (SSSR count). The van der Waals surface area contributed by atoms with Gasteiger partial charge in [0.1, 0.15) is 0 Å². The Morgan fingerprint density at radius 1 is 0.125 bits per heavy atom. The van der Waals surface area contributed by atoms with E-state index < -0.39 is 0 Å². The molecule has 0 bridgehead atoms. The maximum Gasteiger partial charge on any atom is 0.0715 e. The molecule has 15 aromatic carbocycles. The minimum absolute atomic E-state index is 0.721. The minimum atomic E-state index is 0.721. The van der Waals surface area contributed by atoms with Gasteiger partial charge in [-0.15, -0.1) is 77.1 Å². The Hall–Kier alpha value is -17.8. The van der Waals surface area contributed by atoms with Crippen LogP contribution in [0.15, 0.2) is 358 Å². The Kier molecular flexibility index (Phi) is 25.8. The number of pyridine rings is 1. The predicted octanol–water partition coefficient (Wildman–Crippen LogP) is 25.9. The van der Waals surface area contributed by atoms with E-state index in [2.05, 4.69) is 265 Å². The second-order valence-corrected chi connectivity index (χ2v) is 27.5. The van der Waals surface area contributed by atoms with Gasteiger partial charge in [-0.2, -0.15) is 0 Å². The zero-order valence-corrected chi connectivity index (χ0v) is 65.4. The fourth-order valence-corrected chi connectivity index (χ4v) is 14.0. The fraction of sp³-hybridized carbons (Fsp3) is 0. The molecule has 0 spiro atoms. The van der Waals surface area contributed by atoms with Crippen LogP contribution in [0.2, 0.25) is 0 Å². The third-order valence-corrected chi connectivity index (χ3v) is 20.1. The molecule has 0 saturated carbocycles. The maximum absolute atomic E-state index is 5.83. The van der Waals surface area contributed by atoms with Crippen molar-refractivity contribution in [1.82, 2.24) is 4.98 Å². The molecule has 0 unspecified atom stereocenters. The highest BCUT2D eigenvalue weighted by molar-refractivity contribution is 6.15. The molecule has 552 valence electrons. The highest BCUT2D eigenvalue weighted by Gasteiger charge is 2.29. The molecule has 0 aliphatic heterocycles. The third-order valence-electron chi connectivity index (χ3n) is 20.1. The van der Waals surface area contributed by atoms with Gasteiger partial charge in [-0.1, -0.05) is 271 Å². The summed E-state index contributed by atoms with van der Waals surface area (Å²) >= 11 is 0. The molecular weight excluding hydrogens is 1440 g/mol. The number of hydrogen-bond acceptors (Lipinski definition) is 1. The zero-order chi connectivity index (χ0) is 83.7. The third kappa shape index (κ3) is 18.9. The first-order chi connectivity index (χ1) is 58.9. The van der Waals surface area contributed by atoms with Crippen molar-refractivity contribution in [2.75, 3.05) is 0 Å². The summed E-state index contributed by atoms with van der Waals surface area (Å²) in [5.74, 6) is 31.8. The van der Waals surface area contributed by atoms with E-state index in [9.17, 15) is 0 Å². The van der Waals surface area contributed by atoms with Gasteiger partial charge in [-0.25, -0.2) is 4.98 Å². The summed E-state index contributed by atoms with van der Waals surface area (Å²) in [6.45, 7) is 0. The molecule has 0 fully saturated rings. The SMILES string of the molecule is C#Cc1cc(C#C)cc(C#C)c1.C#Cc1ccc(-c2c(-c3ccccc3)c(-c3ccc(C#C)cc3)c(-c3ccccc3)c(-c3ccc(C#C)cc3)c2-c2ccccc2)cc1.C#Cc1ccc(-c2cc(-c3ccc(C#C)cc3)cc(-c3ccc(C#C)cc3)c2)cc1.C#Cc1ccc(-c2cc(-c3ccc(C#C)cc3)nc(-c3ccc(C#C)cc3)c2)cc1.